The van der Waals surface area contributed by atoms with E-state index < -0.39 is 29.1 Å². The molecule has 110 valence electrons. The summed E-state index contributed by atoms with van der Waals surface area (Å²) in [6.45, 7) is 1.64. The predicted molar refractivity (Wildman–Crippen MR) is 74.1 cm³/mol. The summed E-state index contributed by atoms with van der Waals surface area (Å²) < 4.78 is 27.1. The lowest BCUT2D eigenvalue weighted by molar-refractivity contribution is 0.0939. The molecule has 21 heavy (non-hydrogen) atoms. The largest absolute Gasteiger partial charge is 0.349 e. The van der Waals surface area contributed by atoms with E-state index in [0.717, 1.165) is 6.07 Å². The molecule has 2 aromatic rings. The minimum atomic E-state index is -0.646. The number of pyridine rings is 1. The van der Waals surface area contributed by atoms with Crippen LogP contribution in [0.15, 0.2) is 41.3 Å². The third-order valence-electron chi connectivity index (χ3n) is 2.99. The van der Waals surface area contributed by atoms with Crippen LogP contribution in [0.2, 0.25) is 0 Å². The van der Waals surface area contributed by atoms with Crippen LogP contribution in [-0.4, -0.2) is 16.9 Å². The van der Waals surface area contributed by atoms with Crippen molar-refractivity contribution in [1.82, 2.24) is 10.3 Å². The molecular formula is C15H14F2N2O2. The van der Waals surface area contributed by atoms with Gasteiger partial charge in [0.25, 0.3) is 5.91 Å². The zero-order chi connectivity index (χ0) is 15.4. The normalized spacial score (nSPS) is 12.0. The summed E-state index contributed by atoms with van der Waals surface area (Å²) >= 11 is 0. The molecule has 0 aliphatic carbocycles. The first-order chi connectivity index (χ1) is 9.97. The Hall–Kier alpha value is -2.50. The molecule has 0 saturated heterocycles. The standard InChI is InChI=1S/C15H14F2N2O2/c1-9(7-11-12(16)3-2-4-13(11)17)19-15(21)10-5-6-18-14(20)8-10/h2-6,8-9H,7H2,1H3,(H,18,20)(H,19,21). The highest BCUT2D eigenvalue weighted by Crippen LogP contribution is 2.14. The molecule has 0 radical (unpaired) electrons. The number of halogens is 2. The van der Waals surface area contributed by atoms with Gasteiger partial charge in [0, 0.05) is 29.4 Å². The summed E-state index contributed by atoms with van der Waals surface area (Å²) in [6.07, 6.45) is 1.38. The van der Waals surface area contributed by atoms with Gasteiger partial charge in [-0.1, -0.05) is 6.07 Å². The number of carbonyl (C=O) groups is 1. The molecule has 0 spiro atoms. The lowest BCUT2D eigenvalue weighted by Crippen LogP contribution is -2.35. The molecule has 2 N–H and O–H groups in total. The molecule has 1 unspecified atom stereocenters. The van der Waals surface area contributed by atoms with Gasteiger partial charge >= 0.3 is 0 Å². The average molecular weight is 292 g/mol. The molecule has 0 aliphatic rings. The lowest BCUT2D eigenvalue weighted by Gasteiger charge is -2.15. The minimum Gasteiger partial charge on any atom is -0.349 e. The van der Waals surface area contributed by atoms with Gasteiger partial charge in [0.2, 0.25) is 5.56 Å². The zero-order valence-corrected chi connectivity index (χ0v) is 11.3. The van der Waals surface area contributed by atoms with Gasteiger partial charge in [-0.2, -0.15) is 0 Å². The lowest BCUT2D eigenvalue weighted by atomic mass is 10.1. The smallest absolute Gasteiger partial charge is 0.251 e. The van der Waals surface area contributed by atoms with E-state index in [1.165, 1.54) is 30.5 Å². The first kappa shape index (κ1) is 14.9. The second-order valence-electron chi connectivity index (χ2n) is 4.72. The van der Waals surface area contributed by atoms with E-state index in [4.69, 9.17) is 0 Å². The highest BCUT2D eigenvalue weighted by molar-refractivity contribution is 5.94. The SMILES string of the molecule is CC(Cc1c(F)cccc1F)NC(=O)c1cc[nH]c(=O)c1. The van der Waals surface area contributed by atoms with E-state index in [1.54, 1.807) is 6.92 Å². The molecule has 0 saturated carbocycles. The quantitative estimate of drug-likeness (QED) is 0.905. The molecule has 4 nitrogen and oxygen atoms in total. The molecule has 1 heterocycles. The Balaban J connectivity index is 2.07. The molecular weight excluding hydrogens is 278 g/mol. The van der Waals surface area contributed by atoms with Crippen molar-refractivity contribution in [3.63, 3.8) is 0 Å². The van der Waals surface area contributed by atoms with Gasteiger partial charge in [-0.15, -0.1) is 0 Å². The summed E-state index contributed by atoms with van der Waals surface area (Å²) in [5, 5.41) is 2.60. The van der Waals surface area contributed by atoms with E-state index >= 15 is 0 Å². The van der Waals surface area contributed by atoms with Crippen LogP contribution in [0.4, 0.5) is 8.78 Å². The Morgan fingerprint density at radius 3 is 2.57 bits per heavy atom. The summed E-state index contributed by atoms with van der Waals surface area (Å²) in [5.41, 5.74) is -0.272. The predicted octanol–water partition coefficient (Wildman–Crippen LogP) is 2.01. The number of H-pyrrole nitrogens is 1. The van der Waals surface area contributed by atoms with E-state index in [0.29, 0.717) is 0 Å². The van der Waals surface area contributed by atoms with Crippen LogP contribution in [0.3, 0.4) is 0 Å². The van der Waals surface area contributed by atoms with Crippen molar-refractivity contribution in [2.75, 3.05) is 0 Å². The number of benzene rings is 1. The summed E-state index contributed by atoms with van der Waals surface area (Å²) in [7, 11) is 0. The Kier molecular flexibility index (Phi) is 4.47. The van der Waals surface area contributed by atoms with E-state index in [1.807, 2.05) is 0 Å². The minimum absolute atomic E-state index is 0.0213. The van der Waals surface area contributed by atoms with Crippen LogP contribution >= 0.6 is 0 Å². The van der Waals surface area contributed by atoms with Crippen LogP contribution in [0.25, 0.3) is 0 Å². The number of aromatic nitrogens is 1. The highest BCUT2D eigenvalue weighted by atomic mass is 19.1. The van der Waals surface area contributed by atoms with Gasteiger partial charge in [0.15, 0.2) is 0 Å². The number of amides is 1. The Morgan fingerprint density at radius 1 is 1.29 bits per heavy atom. The maximum Gasteiger partial charge on any atom is 0.251 e. The van der Waals surface area contributed by atoms with Crippen molar-refractivity contribution in [2.24, 2.45) is 0 Å². The van der Waals surface area contributed by atoms with Gasteiger partial charge in [-0.05, 0) is 31.5 Å². The first-order valence-corrected chi connectivity index (χ1v) is 6.40. The van der Waals surface area contributed by atoms with Gasteiger partial charge in [-0.25, -0.2) is 8.78 Å². The fourth-order valence-electron chi connectivity index (χ4n) is 1.98. The molecule has 6 heteroatoms. The third kappa shape index (κ3) is 3.75. The second kappa shape index (κ2) is 6.30. The van der Waals surface area contributed by atoms with E-state index in [-0.39, 0.29) is 17.5 Å². The Morgan fingerprint density at radius 2 is 1.95 bits per heavy atom. The van der Waals surface area contributed by atoms with E-state index in [9.17, 15) is 18.4 Å². The number of aromatic amines is 1. The fourth-order valence-corrected chi connectivity index (χ4v) is 1.98. The van der Waals surface area contributed by atoms with Crippen molar-refractivity contribution < 1.29 is 13.6 Å². The van der Waals surface area contributed by atoms with Crippen molar-refractivity contribution in [2.45, 2.75) is 19.4 Å². The molecule has 2 rings (SSSR count). The van der Waals surface area contributed by atoms with Gasteiger partial charge in [0.1, 0.15) is 11.6 Å². The van der Waals surface area contributed by atoms with Crippen molar-refractivity contribution in [3.8, 4) is 0 Å². The van der Waals surface area contributed by atoms with Crippen LogP contribution < -0.4 is 10.9 Å². The Bertz CT molecular complexity index is 693. The molecule has 1 atom stereocenters. The molecule has 0 bridgehead atoms. The average Bonchev–Trinajstić information content (AvgIpc) is 2.43. The summed E-state index contributed by atoms with van der Waals surface area (Å²) in [5.74, 6) is -1.76. The Labute approximate surface area is 119 Å². The zero-order valence-electron chi connectivity index (χ0n) is 11.3. The maximum atomic E-state index is 13.5. The molecule has 0 fully saturated rings. The summed E-state index contributed by atoms with van der Waals surface area (Å²) in [4.78, 5) is 25.4. The molecule has 1 aromatic heterocycles. The third-order valence-corrected chi connectivity index (χ3v) is 2.99. The topological polar surface area (TPSA) is 62.0 Å². The first-order valence-electron chi connectivity index (χ1n) is 6.40. The molecule has 1 aromatic carbocycles. The number of rotatable bonds is 4. The van der Waals surface area contributed by atoms with Gasteiger partial charge in [-0.3, -0.25) is 9.59 Å². The van der Waals surface area contributed by atoms with Crippen LogP contribution in [0.5, 0.6) is 0 Å². The summed E-state index contributed by atoms with van der Waals surface area (Å²) in [6, 6.07) is 5.75. The second-order valence-corrected chi connectivity index (χ2v) is 4.72. The van der Waals surface area contributed by atoms with Crippen LogP contribution in [-0.2, 0) is 6.42 Å². The van der Waals surface area contributed by atoms with Crippen molar-refractivity contribution in [3.05, 3.63) is 69.6 Å². The maximum absolute atomic E-state index is 13.5. The van der Waals surface area contributed by atoms with E-state index in [2.05, 4.69) is 10.3 Å². The highest BCUT2D eigenvalue weighted by Gasteiger charge is 2.15. The van der Waals surface area contributed by atoms with Crippen molar-refractivity contribution >= 4 is 5.91 Å². The van der Waals surface area contributed by atoms with Crippen LogP contribution in [0, 0.1) is 11.6 Å². The number of hydrogen-bond acceptors (Lipinski definition) is 2. The monoisotopic (exact) mass is 292 g/mol. The van der Waals surface area contributed by atoms with Crippen LogP contribution in [0.1, 0.15) is 22.8 Å². The number of carbonyl (C=O) groups excluding carboxylic acids is 1. The van der Waals surface area contributed by atoms with Crippen molar-refractivity contribution in [1.29, 1.82) is 0 Å². The number of nitrogens with one attached hydrogen (secondary N) is 2. The number of hydrogen-bond donors (Lipinski definition) is 2. The molecule has 0 aliphatic heterocycles. The molecule has 1 amide bonds. The van der Waals surface area contributed by atoms with Gasteiger partial charge < -0.3 is 10.3 Å². The fraction of sp³-hybridized carbons (Fsp3) is 0.200. The van der Waals surface area contributed by atoms with Gasteiger partial charge in [0.05, 0.1) is 0 Å².